The molecule has 0 bridgehead atoms. The van der Waals surface area contributed by atoms with Gasteiger partial charge in [-0.2, -0.15) is 0 Å². The molecule has 36 heavy (non-hydrogen) atoms. The first-order chi connectivity index (χ1) is 17.8. The largest absolute Gasteiger partial charge is 0.458 e. The second-order valence-corrected chi connectivity index (χ2v) is 11.6. The number of aromatic nitrogens is 1. The molecule has 3 nitrogen and oxygen atoms in total. The molecule has 9 rings (SSSR count). The first kappa shape index (κ1) is 19.6. The van der Waals surface area contributed by atoms with Gasteiger partial charge >= 0.3 is 0 Å². The Labute approximate surface area is 217 Å². The number of para-hydroxylation sites is 2. The molecule has 4 aromatic carbocycles. The van der Waals surface area contributed by atoms with Crippen molar-refractivity contribution in [3.05, 3.63) is 91.0 Å². The zero-order chi connectivity index (χ0) is 23.4. The van der Waals surface area contributed by atoms with Gasteiger partial charge in [-0.15, -0.1) is 0 Å². The van der Waals surface area contributed by atoms with Crippen LogP contribution in [0.5, 0.6) is 23.0 Å². The summed E-state index contributed by atoms with van der Waals surface area (Å²) in [5.74, 6) is 3.75. The van der Waals surface area contributed by atoms with Crippen LogP contribution in [0, 0.1) is 0 Å². The summed E-state index contributed by atoms with van der Waals surface area (Å²) < 4.78 is 12.7. The molecule has 0 saturated heterocycles. The summed E-state index contributed by atoms with van der Waals surface area (Å²) in [7, 11) is 0. The zero-order valence-electron chi connectivity index (χ0n) is 18.9. The number of rotatable bonds is 0. The molecule has 0 N–H and O–H groups in total. The molecule has 4 aliphatic rings. The maximum absolute atomic E-state index is 6.34. The number of fused-ring (bicyclic) bond motifs is 8. The fourth-order valence-corrected chi connectivity index (χ4v) is 8.35. The highest BCUT2D eigenvalue weighted by atomic mass is 32.2. The van der Waals surface area contributed by atoms with Crippen LogP contribution in [0.4, 0.5) is 0 Å². The molecule has 0 radical (unpaired) electrons. The molecule has 0 atom stereocenters. The van der Waals surface area contributed by atoms with Crippen LogP contribution in [0.25, 0.3) is 0 Å². The van der Waals surface area contributed by atoms with Crippen molar-refractivity contribution in [3.8, 4) is 23.0 Å². The first-order valence-corrected chi connectivity index (χ1v) is 13.7. The van der Waals surface area contributed by atoms with E-state index in [4.69, 9.17) is 14.5 Å². The molecule has 166 valence electrons. The van der Waals surface area contributed by atoms with Crippen LogP contribution in [0.3, 0.4) is 0 Å². The van der Waals surface area contributed by atoms with E-state index in [2.05, 4.69) is 78.9 Å². The summed E-state index contributed by atoms with van der Waals surface area (Å²) in [6.45, 7) is 0.184. The van der Waals surface area contributed by atoms with Crippen LogP contribution in [-0.4, -0.2) is 18.4 Å². The van der Waals surface area contributed by atoms with Crippen molar-refractivity contribution in [2.75, 3.05) is 0 Å². The maximum Gasteiger partial charge on any atom is 0.277 e. The number of benzene rings is 4. The Balaban J connectivity index is 1.31. The zero-order valence-corrected chi connectivity index (χ0v) is 20.5. The Hall–Kier alpha value is -3.54. The molecule has 1 aromatic heterocycles. The molecule has 0 fully saturated rings. The average molecular weight is 495 g/mol. The normalized spacial score (nSPS) is 14.8. The molecule has 5 heterocycles. The number of nitrogens with zero attached hydrogens (tertiary/aromatic N) is 1. The summed E-state index contributed by atoms with van der Waals surface area (Å²) in [6, 6.07) is 32.0. The molecular formula is C29H15B2NO2S2. The minimum atomic E-state index is 0.0676. The molecule has 5 aromatic rings. The fourth-order valence-electron chi connectivity index (χ4n) is 6.06. The third kappa shape index (κ3) is 2.52. The van der Waals surface area contributed by atoms with Crippen molar-refractivity contribution in [1.29, 1.82) is 0 Å². The third-order valence-electron chi connectivity index (χ3n) is 7.55. The summed E-state index contributed by atoms with van der Waals surface area (Å²) in [4.78, 5) is 9.15. The van der Waals surface area contributed by atoms with Crippen molar-refractivity contribution in [1.82, 2.24) is 4.98 Å². The molecule has 0 amide bonds. The highest BCUT2D eigenvalue weighted by Gasteiger charge is 2.44. The van der Waals surface area contributed by atoms with Gasteiger partial charge in [-0.1, -0.05) is 72.1 Å². The highest BCUT2D eigenvalue weighted by Crippen LogP contribution is 2.39. The maximum atomic E-state index is 6.34. The van der Waals surface area contributed by atoms with Gasteiger partial charge in [-0.25, -0.2) is 0 Å². The minimum absolute atomic E-state index is 0.0676. The Kier molecular flexibility index (Phi) is 3.83. The van der Waals surface area contributed by atoms with Crippen LogP contribution in [0.1, 0.15) is 0 Å². The van der Waals surface area contributed by atoms with E-state index in [1.807, 2.05) is 23.9 Å². The van der Waals surface area contributed by atoms with E-state index < -0.39 is 0 Å². The smallest absolute Gasteiger partial charge is 0.277 e. The Morgan fingerprint density at radius 1 is 0.528 bits per heavy atom. The van der Waals surface area contributed by atoms with Gasteiger partial charge in [-0.05, 0) is 69.8 Å². The molecule has 0 saturated carbocycles. The van der Waals surface area contributed by atoms with E-state index >= 15 is 0 Å². The summed E-state index contributed by atoms with van der Waals surface area (Å²) in [5.41, 5.74) is 7.28. The summed E-state index contributed by atoms with van der Waals surface area (Å²) >= 11 is 3.57. The van der Waals surface area contributed by atoms with E-state index in [1.54, 1.807) is 11.8 Å². The van der Waals surface area contributed by atoms with Gasteiger partial charge in [0.15, 0.2) is 0 Å². The second kappa shape index (κ2) is 7.02. The molecule has 4 aliphatic heterocycles. The van der Waals surface area contributed by atoms with Gasteiger partial charge < -0.3 is 9.47 Å². The predicted octanol–water partition coefficient (Wildman–Crippen LogP) is 3.25. The third-order valence-corrected chi connectivity index (χ3v) is 9.77. The number of pyridine rings is 1. The lowest BCUT2D eigenvalue weighted by Gasteiger charge is -2.35. The lowest BCUT2D eigenvalue weighted by molar-refractivity contribution is 0.486. The van der Waals surface area contributed by atoms with Gasteiger partial charge in [0.1, 0.15) is 23.0 Å². The summed E-state index contributed by atoms with van der Waals surface area (Å²) in [5, 5.41) is 1.09. The van der Waals surface area contributed by atoms with Gasteiger partial charge in [0.05, 0.1) is 5.03 Å². The number of hydrogen-bond donors (Lipinski definition) is 0. The van der Waals surface area contributed by atoms with Crippen molar-refractivity contribution in [3.63, 3.8) is 0 Å². The van der Waals surface area contributed by atoms with Crippen molar-refractivity contribution in [2.45, 2.75) is 19.7 Å². The number of hydrogen-bond acceptors (Lipinski definition) is 5. The van der Waals surface area contributed by atoms with E-state index in [0.717, 1.165) is 33.6 Å². The summed E-state index contributed by atoms with van der Waals surface area (Å²) in [6.07, 6.45) is 0. The first-order valence-electron chi connectivity index (χ1n) is 12.0. The van der Waals surface area contributed by atoms with Gasteiger partial charge in [-0.3, -0.25) is 4.98 Å². The average Bonchev–Trinajstić information content (AvgIpc) is 2.92. The van der Waals surface area contributed by atoms with E-state index in [-0.39, 0.29) is 13.4 Å². The highest BCUT2D eigenvalue weighted by molar-refractivity contribution is 8.00. The fraction of sp³-hybridized carbons (Fsp3) is 0. The second-order valence-electron chi connectivity index (χ2n) is 9.45. The van der Waals surface area contributed by atoms with Crippen LogP contribution in [0.2, 0.25) is 0 Å². The van der Waals surface area contributed by atoms with Crippen molar-refractivity contribution >= 4 is 69.9 Å². The Morgan fingerprint density at radius 3 is 1.83 bits per heavy atom. The van der Waals surface area contributed by atoms with Crippen LogP contribution in [0.15, 0.2) is 111 Å². The molecule has 0 aliphatic carbocycles. The van der Waals surface area contributed by atoms with Crippen LogP contribution < -0.4 is 42.4 Å². The molecule has 0 unspecified atom stereocenters. The lowest BCUT2D eigenvalue weighted by Crippen LogP contribution is -2.62. The van der Waals surface area contributed by atoms with E-state index in [1.165, 1.54) is 42.0 Å². The topological polar surface area (TPSA) is 31.4 Å². The SMILES string of the molecule is c1ccc2c(c1)Oc1cccc3c1B2c1cc2c(nc1S3)B1c3ccccc3Oc3cccc(c31)S2. The monoisotopic (exact) mass is 495 g/mol. The molecule has 7 heteroatoms. The predicted molar refractivity (Wildman–Crippen MR) is 148 cm³/mol. The van der Waals surface area contributed by atoms with Crippen LogP contribution in [-0.2, 0) is 0 Å². The molecule has 0 spiro atoms. The minimum Gasteiger partial charge on any atom is -0.458 e. The van der Waals surface area contributed by atoms with Gasteiger partial charge in [0, 0.05) is 20.3 Å². The molecular weight excluding hydrogens is 480 g/mol. The van der Waals surface area contributed by atoms with E-state index in [0.29, 0.717) is 0 Å². The van der Waals surface area contributed by atoms with E-state index in [9.17, 15) is 0 Å². The Bertz CT molecular complexity index is 1660. The van der Waals surface area contributed by atoms with Gasteiger partial charge in [0.2, 0.25) is 0 Å². The van der Waals surface area contributed by atoms with Crippen molar-refractivity contribution < 1.29 is 9.47 Å². The Morgan fingerprint density at radius 2 is 1.11 bits per heavy atom. The number of ether oxygens (including phenoxy) is 2. The quantitative estimate of drug-likeness (QED) is 0.302. The van der Waals surface area contributed by atoms with Crippen molar-refractivity contribution in [2.24, 2.45) is 0 Å². The van der Waals surface area contributed by atoms with Crippen LogP contribution >= 0.6 is 23.5 Å². The van der Waals surface area contributed by atoms with Gasteiger partial charge in [0.25, 0.3) is 13.4 Å². The lowest BCUT2D eigenvalue weighted by atomic mass is 9.35. The standard InChI is InChI=1S/C29H15B2NO2S2/c1-3-9-19-16(7-1)30-18-15-25-28(32-29(18)36-24-14-6-11-21(33-19)26(24)30)31-17-8-2-4-10-20(17)34-22-12-5-13-23(35-25)27(22)31/h1-15H.